The first-order valence-corrected chi connectivity index (χ1v) is 6.77. The van der Waals surface area contributed by atoms with Gasteiger partial charge in [-0.05, 0) is 18.9 Å². The molecule has 1 fully saturated rings. The molecular formula is C13H16F3N3O3. The number of hydrogen-bond acceptors (Lipinski definition) is 3. The summed E-state index contributed by atoms with van der Waals surface area (Å²) in [7, 11) is 0. The van der Waals surface area contributed by atoms with Crippen LogP contribution in [0.4, 0.5) is 23.7 Å². The summed E-state index contributed by atoms with van der Waals surface area (Å²) >= 11 is 0. The molecule has 0 bridgehead atoms. The Kier molecular flexibility index (Phi) is 4.45. The number of carbonyl (C=O) groups excluding carboxylic acids is 1. The van der Waals surface area contributed by atoms with E-state index in [4.69, 9.17) is 0 Å². The van der Waals surface area contributed by atoms with Gasteiger partial charge in [0.2, 0.25) is 0 Å². The Labute approximate surface area is 123 Å². The lowest BCUT2D eigenvalue weighted by Crippen LogP contribution is -2.43. The smallest absolute Gasteiger partial charge is 0.388 e. The number of amides is 2. The normalized spacial score (nSPS) is 17.3. The molecular weight excluding hydrogens is 303 g/mol. The number of pyridine rings is 1. The van der Waals surface area contributed by atoms with Crippen LogP contribution in [0.3, 0.4) is 0 Å². The summed E-state index contributed by atoms with van der Waals surface area (Å²) in [6, 6.07) is -0.284. The zero-order valence-corrected chi connectivity index (χ0v) is 11.6. The molecule has 0 spiro atoms. The van der Waals surface area contributed by atoms with Gasteiger partial charge in [0.05, 0.1) is 11.2 Å². The highest BCUT2D eigenvalue weighted by molar-refractivity contribution is 5.89. The van der Waals surface area contributed by atoms with Crippen LogP contribution in [0, 0.1) is 0 Å². The van der Waals surface area contributed by atoms with Gasteiger partial charge in [-0.15, -0.1) is 0 Å². The Morgan fingerprint density at radius 3 is 2.59 bits per heavy atom. The summed E-state index contributed by atoms with van der Waals surface area (Å²) in [6.07, 6.45) is -1.28. The molecule has 0 aromatic carbocycles. The highest BCUT2D eigenvalue weighted by Crippen LogP contribution is 2.29. The van der Waals surface area contributed by atoms with Crippen LogP contribution >= 0.6 is 0 Å². The lowest BCUT2D eigenvalue weighted by molar-refractivity contribution is -0.137. The average Bonchev–Trinajstić information content (AvgIpc) is 2.85. The van der Waals surface area contributed by atoms with E-state index < -0.39 is 34.6 Å². The Bertz CT molecular complexity index is 607. The van der Waals surface area contributed by atoms with E-state index in [2.05, 4.69) is 10.6 Å². The van der Waals surface area contributed by atoms with Crippen LogP contribution < -0.4 is 16.2 Å². The molecule has 1 aromatic heterocycles. The van der Waals surface area contributed by atoms with Crippen molar-refractivity contribution in [2.45, 2.75) is 37.5 Å². The number of hydrogen-bond donors (Lipinski definition) is 4. The Balaban J connectivity index is 2.00. The summed E-state index contributed by atoms with van der Waals surface area (Å²) in [5, 5.41) is 14.5. The van der Waals surface area contributed by atoms with Crippen molar-refractivity contribution in [3.63, 3.8) is 0 Å². The molecule has 1 aliphatic rings. The molecule has 0 saturated heterocycles. The maximum Gasteiger partial charge on any atom is 0.417 e. The van der Waals surface area contributed by atoms with Gasteiger partial charge in [-0.3, -0.25) is 4.79 Å². The lowest BCUT2D eigenvalue weighted by Gasteiger charge is -2.22. The Morgan fingerprint density at radius 1 is 1.36 bits per heavy atom. The van der Waals surface area contributed by atoms with Gasteiger partial charge in [-0.1, -0.05) is 12.8 Å². The maximum absolute atomic E-state index is 12.6. The molecule has 2 amide bonds. The van der Waals surface area contributed by atoms with Crippen LogP contribution in [0.2, 0.25) is 0 Å². The highest BCUT2D eigenvalue weighted by atomic mass is 19.4. The second kappa shape index (κ2) is 5.99. The third-order valence-corrected chi connectivity index (χ3v) is 3.59. The molecule has 1 heterocycles. The third-order valence-electron chi connectivity index (χ3n) is 3.59. The number of aromatic nitrogens is 1. The van der Waals surface area contributed by atoms with Crippen molar-refractivity contribution < 1.29 is 23.1 Å². The van der Waals surface area contributed by atoms with Crippen molar-refractivity contribution in [1.82, 2.24) is 10.3 Å². The van der Waals surface area contributed by atoms with Crippen molar-refractivity contribution in [3.8, 4) is 0 Å². The average molecular weight is 319 g/mol. The van der Waals surface area contributed by atoms with Gasteiger partial charge in [0.1, 0.15) is 5.69 Å². The number of anilines is 1. The molecule has 9 heteroatoms. The quantitative estimate of drug-likeness (QED) is 0.684. The van der Waals surface area contributed by atoms with Crippen molar-refractivity contribution in [2.24, 2.45) is 0 Å². The van der Waals surface area contributed by atoms with E-state index in [0.29, 0.717) is 25.1 Å². The first-order chi connectivity index (χ1) is 10.2. The maximum atomic E-state index is 12.6. The number of nitrogens with one attached hydrogen (secondary N) is 3. The van der Waals surface area contributed by atoms with Crippen molar-refractivity contribution >= 4 is 11.7 Å². The summed E-state index contributed by atoms with van der Waals surface area (Å²) in [4.78, 5) is 25.0. The lowest BCUT2D eigenvalue weighted by atomic mass is 10.0. The Hall–Kier alpha value is -2.03. The molecule has 0 atom stereocenters. The van der Waals surface area contributed by atoms with Gasteiger partial charge in [0.15, 0.2) is 0 Å². The summed E-state index contributed by atoms with van der Waals surface area (Å²) < 4.78 is 37.7. The molecule has 0 radical (unpaired) electrons. The van der Waals surface area contributed by atoms with E-state index >= 15 is 0 Å². The second-order valence-electron chi connectivity index (χ2n) is 5.37. The van der Waals surface area contributed by atoms with Gasteiger partial charge in [-0.2, -0.15) is 13.2 Å². The van der Waals surface area contributed by atoms with E-state index in [1.807, 2.05) is 4.98 Å². The van der Waals surface area contributed by atoms with Crippen LogP contribution in [-0.2, 0) is 6.18 Å². The van der Waals surface area contributed by atoms with Crippen molar-refractivity contribution in [2.75, 3.05) is 11.9 Å². The standard InChI is InChI=1S/C13H16F3N3O3/c14-13(15,16)8-5-9(10(20)17-6-8)19-11(21)18-7-12(22)3-1-2-4-12/h5-6,22H,1-4,7H2,(H,17,20)(H2,18,19,21). The fourth-order valence-electron chi connectivity index (χ4n) is 2.36. The molecule has 6 nitrogen and oxygen atoms in total. The van der Waals surface area contributed by atoms with Crippen LogP contribution in [0.1, 0.15) is 31.2 Å². The number of alkyl halides is 3. The summed E-state index contributed by atoms with van der Waals surface area (Å²) in [5.41, 5.74) is -3.41. The number of urea groups is 1. The zero-order chi connectivity index (χ0) is 16.4. The van der Waals surface area contributed by atoms with Crippen molar-refractivity contribution in [1.29, 1.82) is 0 Å². The second-order valence-corrected chi connectivity index (χ2v) is 5.37. The molecule has 1 saturated carbocycles. The van der Waals surface area contributed by atoms with E-state index in [9.17, 15) is 27.9 Å². The first kappa shape index (κ1) is 16.3. The summed E-state index contributed by atoms with van der Waals surface area (Å²) in [6.45, 7) is -0.0182. The van der Waals surface area contributed by atoms with Crippen molar-refractivity contribution in [3.05, 3.63) is 28.2 Å². The van der Waals surface area contributed by atoms with E-state index in [1.165, 1.54) is 0 Å². The van der Waals surface area contributed by atoms with Gasteiger partial charge < -0.3 is 20.7 Å². The minimum absolute atomic E-state index is 0.0182. The number of carbonyl (C=O) groups is 1. The number of halogens is 3. The SMILES string of the molecule is O=C(NCC1(O)CCCC1)Nc1cc(C(F)(F)F)c[nH]c1=O. The van der Waals surface area contributed by atoms with Gasteiger partial charge >= 0.3 is 12.2 Å². The largest absolute Gasteiger partial charge is 0.417 e. The number of aliphatic hydroxyl groups is 1. The monoisotopic (exact) mass is 319 g/mol. The molecule has 22 heavy (non-hydrogen) atoms. The van der Waals surface area contributed by atoms with Crippen LogP contribution in [0.15, 0.2) is 17.1 Å². The molecule has 1 aliphatic carbocycles. The van der Waals surface area contributed by atoms with Gasteiger partial charge in [0.25, 0.3) is 5.56 Å². The zero-order valence-electron chi connectivity index (χ0n) is 11.6. The Morgan fingerprint density at radius 2 is 2.00 bits per heavy atom. The van der Waals surface area contributed by atoms with Crippen LogP contribution in [-0.4, -0.2) is 28.3 Å². The summed E-state index contributed by atoms with van der Waals surface area (Å²) in [5.74, 6) is 0. The number of aromatic amines is 1. The van der Waals surface area contributed by atoms with E-state index in [0.717, 1.165) is 12.8 Å². The van der Waals surface area contributed by atoms with Gasteiger partial charge in [-0.25, -0.2) is 4.79 Å². The minimum Gasteiger partial charge on any atom is -0.388 e. The predicted octanol–water partition coefficient (Wildman–Crippen LogP) is 1.82. The fraction of sp³-hybridized carbons (Fsp3) is 0.538. The van der Waals surface area contributed by atoms with Crippen LogP contribution in [0.25, 0.3) is 0 Å². The third kappa shape index (κ3) is 4.00. The highest BCUT2D eigenvalue weighted by Gasteiger charge is 2.32. The molecule has 0 aliphatic heterocycles. The molecule has 4 N–H and O–H groups in total. The fourth-order valence-corrected chi connectivity index (χ4v) is 2.36. The van der Waals surface area contributed by atoms with E-state index in [-0.39, 0.29) is 6.54 Å². The molecule has 122 valence electrons. The topological polar surface area (TPSA) is 94.2 Å². The molecule has 2 rings (SSSR count). The number of H-pyrrole nitrogens is 1. The van der Waals surface area contributed by atoms with Gasteiger partial charge in [0, 0.05) is 12.7 Å². The van der Waals surface area contributed by atoms with E-state index in [1.54, 1.807) is 0 Å². The predicted molar refractivity (Wildman–Crippen MR) is 72.5 cm³/mol. The first-order valence-electron chi connectivity index (χ1n) is 6.77. The minimum atomic E-state index is -4.63. The molecule has 1 aromatic rings. The van der Waals surface area contributed by atoms with Crippen LogP contribution in [0.5, 0.6) is 0 Å². The number of rotatable bonds is 3. The molecule has 0 unspecified atom stereocenters.